The van der Waals surface area contributed by atoms with Gasteiger partial charge in [-0.25, -0.2) is 4.98 Å². The van der Waals surface area contributed by atoms with E-state index in [1.165, 1.54) is 5.69 Å². The summed E-state index contributed by atoms with van der Waals surface area (Å²) in [7, 11) is 0. The highest BCUT2D eigenvalue weighted by atomic mass is 16.5. The Labute approximate surface area is 134 Å². The summed E-state index contributed by atoms with van der Waals surface area (Å²) in [6, 6.07) is 7.77. The molecule has 6 nitrogen and oxygen atoms in total. The summed E-state index contributed by atoms with van der Waals surface area (Å²) < 4.78 is 5.50. The van der Waals surface area contributed by atoms with Crippen LogP contribution in [0.2, 0.25) is 0 Å². The quantitative estimate of drug-likeness (QED) is 0.895. The maximum atomic E-state index is 11.2. The van der Waals surface area contributed by atoms with E-state index in [9.17, 15) is 4.79 Å². The Morgan fingerprint density at radius 1 is 1.35 bits per heavy atom. The zero-order valence-corrected chi connectivity index (χ0v) is 12.9. The molecule has 0 radical (unpaired) electrons. The van der Waals surface area contributed by atoms with Crippen LogP contribution < -0.4 is 5.73 Å². The van der Waals surface area contributed by atoms with Gasteiger partial charge in [0.15, 0.2) is 0 Å². The number of nitrogens with two attached hydrogens (primary N) is 1. The van der Waals surface area contributed by atoms with Crippen LogP contribution in [0.15, 0.2) is 24.3 Å². The van der Waals surface area contributed by atoms with E-state index in [-0.39, 0.29) is 0 Å². The van der Waals surface area contributed by atoms with Gasteiger partial charge in [0.05, 0.1) is 18.0 Å². The van der Waals surface area contributed by atoms with Crippen LogP contribution in [-0.4, -0.2) is 46.6 Å². The van der Waals surface area contributed by atoms with Crippen LogP contribution in [0.1, 0.15) is 28.2 Å². The zero-order chi connectivity index (χ0) is 15.8. The third kappa shape index (κ3) is 2.75. The lowest BCUT2D eigenvalue weighted by Crippen LogP contribution is -2.39. The van der Waals surface area contributed by atoms with Crippen LogP contribution >= 0.6 is 0 Å². The highest BCUT2D eigenvalue weighted by Gasteiger charge is 2.28. The molecule has 120 valence electrons. The normalized spacial score (nSPS) is 21.3. The van der Waals surface area contributed by atoms with E-state index >= 15 is 0 Å². The number of benzene rings is 1. The molecule has 23 heavy (non-hydrogen) atoms. The number of imidazole rings is 1. The summed E-state index contributed by atoms with van der Waals surface area (Å²) in [5.74, 6) is 0.445. The molecule has 1 fully saturated rings. The van der Waals surface area contributed by atoms with Gasteiger partial charge < -0.3 is 15.5 Å². The lowest BCUT2D eigenvalue weighted by molar-refractivity contribution is 0.100. The Morgan fingerprint density at radius 3 is 2.87 bits per heavy atom. The molecule has 6 heteroatoms. The molecule has 1 amide bonds. The van der Waals surface area contributed by atoms with E-state index < -0.39 is 5.91 Å². The Hall–Kier alpha value is -2.18. The van der Waals surface area contributed by atoms with Crippen molar-refractivity contribution in [3.63, 3.8) is 0 Å². The third-order valence-corrected chi connectivity index (χ3v) is 4.73. The van der Waals surface area contributed by atoms with Gasteiger partial charge >= 0.3 is 0 Å². The van der Waals surface area contributed by atoms with Gasteiger partial charge in [-0.15, -0.1) is 0 Å². The number of nitrogens with zero attached hydrogens (tertiary/aromatic N) is 2. The minimum absolute atomic E-state index is 0.412. The predicted octanol–water partition coefficient (Wildman–Crippen LogP) is 1.32. The van der Waals surface area contributed by atoms with Crippen LogP contribution in [0.3, 0.4) is 0 Å². The molecule has 4 rings (SSSR count). The average molecular weight is 312 g/mol. The lowest BCUT2D eigenvalue weighted by atomic mass is 10.1. The number of fused-ring (bicyclic) bond motifs is 1. The highest BCUT2D eigenvalue weighted by Crippen LogP contribution is 2.25. The zero-order valence-electron chi connectivity index (χ0n) is 12.9. The number of carbonyl (C=O) groups is 1. The fraction of sp³-hybridized carbons (Fsp3) is 0.412. The number of nitrogens with one attached hydrogen (secondary N) is 1. The van der Waals surface area contributed by atoms with Crippen molar-refractivity contribution in [1.29, 1.82) is 0 Å². The standard InChI is InChI=1S/C17H20N4O2/c18-16(22)11-1-3-12(4-2-11)17-19-14-5-7-21(9-15(14)20-17)13-6-8-23-10-13/h1-4,13H,5-10H2,(H2,18,22)(H,19,20)/t13-/m0/s1. The third-order valence-electron chi connectivity index (χ3n) is 4.73. The average Bonchev–Trinajstić information content (AvgIpc) is 3.23. The van der Waals surface area contributed by atoms with Crippen LogP contribution in [0.4, 0.5) is 0 Å². The molecular weight excluding hydrogens is 292 g/mol. The highest BCUT2D eigenvalue weighted by molar-refractivity contribution is 5.93. The van der Waals surface area contributed by atoms with Crippen molar-refractivity contribution in [1.82, 2.24) is 14.9 Å². The van der Waals surface area contributed by atoms with Gasteiger partial charge in [0.1, 0.15) is 5.82 Å². The number of carbonyl (C=O) groups excluding carboxylic acids is 1. The van der Waals surface area contributed by atoms with E-state index in [0.29, 0.717) is 11.6 Å². The maximum absolute atomic E-state index is 11.2. The molecule has 0 saturated carbocycles. The number of H-pyrrole nitrogens is 1. The second-order valence-corrected chi connectivity index (χ2v) is 6.19. The number of primary amides is 1. The first-order valence-electron chi connectivity index (χ1n) is 8.00. The van der Waals surface area contributed by atoms with Crippen LogP contribution in [0.25, 0.3) is 11.4 Å². The SMILES string of the molecule is NC(=O)c1ccc(-c2nc3c([nH]2)CN([C@H]2CCOC2)CC3)cc1. The summed E-state index contributed by atoms with van der Waals surface area (Å²) in [4.78, 5) is 21.8. The van der Waals surface area contributed by atoms with Crippen LogP contribution in [0.5, 0.6) is 0 Å². The monoisotopic (exact) mass is 312 g/mol. The molecule has 0 unspecified atom stereocenters. The van der Waals surface area contributed by atoms with Gasteiger partial charge in [-0.1, -0.05) is 12.1 Å². The molecular formula is C17H20N4O2. The number of rotatable bonds is 3. The molecule has 1 aromatic carbocycles. The van der Waals surface area contributed by atoms with E-state index in [1.54, 1.807) is 12.1 Å². The van der Waals surface area contributed by atoms with Crippen molar-refractivity contribution in [2.45, 2.75) is 25.4 Å². The summed E-state index contributed by atoms with van der Waals surface area (Å²) in [5, 5.41) is 0. The molecule has 1 saturated heterocycles. The number of hydrogen-bond acceptors (Lipinski definition) is 4. The summed E-state index contributed by atoms with van der Waals surface area (Å²) >= 11 is 0. The molecule has 0 spiro atoms. The second kappa shape index (κ2) is 5.79. The van der Waals surface area contributed by atoms with E-state index in [4.69, 9.17) is 15.5 Å². The number of ether oxygens (including phenoxy) is 1. The number of amides is 1. The Kier molecular flexibility index (Phi) is 3.63. The topological polar surface area (TPSA) is 84.2 Å². The van der Waals surface area contributed by atoms with Gasteiger partial charge in [-0.3, -0.25) is 9.69 Å². The van der Waals surface area contributed by atoms with Crippen molar-refractivity contribution in [2.75, 3.05) is 19.8 Å². The first-order chi connectivity index (χ1) is 11.2. The summed E-state index contributed by atoms with van der Waals surface area (Å²) in [6.45, 7) is 3.64. The molecule has 2 aliphatic rings. The second-order valence-electron chi connectivity index (χ2n) is 6.19. The molecule has 0 aliphatic carbocycles. The first kappa shape index (κ1) is 14.4. The maximum Gasteiger partial charge on any atom is 0.248 e. The molecule has 0 bridgehead atoms. The summed E-state index contributed by atoms with van der Waals surface area (Å²) in [6.07, 6.45) is 2.08. The fourth-order valence-corrected chi connectivity index (χ4v) is 3.37. The van der Waals surface area contributed by atoms with Gasteiger partial charge in [-0.2, -0.15) is 0 Å². The van der Waals surface area contributed by atoms with Crippen molar-refractivity contribution in [2.24, 2.45) is 5.73 Å². The summed E-state index contributed by atoms with van der Waals surface area (Å²) in [5.41, 5.74) is 9.10. The molecule has 1 atom stereocenters. The Morgan fingerprint density at radius 2 is 2.17 bits per heavy atom. The Bertz CT molecular complexity index is 717. The van der Waals surface area contributed by atoms with Gasteiger partial charge in [-0.05, 0) is 18.6 Å². The van der Waals surface area contributed by atoms with Crippen molar-refractivity contribution in [3.8, 4) is 11.4 Å². The first-order valence-corrected chi connectivity index (χ1v) is 8.00. The van der Waals surface area contributed by atoms with E-state index in [0.717, 1.165) is 56.2 Å². The molecule has 3 heterocycles. The fourth-order valence-electron chi connectivity index (χ4n) is 3.37. The molecule has 2 aliphatic heterocycles. The lowest BCUT2D eigenvalue weighted by Gasteiger charge is -2.30. The number of aromatic nitrogens is 2. The van der Waals surface area contributed by atoms with Crippen LogP contribution in [-0.2, 0) is 17.7 Å². The van der Waals surface area contributed by atoms with E-state index in [2.05, 4.69) is 9.88 Å². The largest absolute Gasteiger partial charge is 0.380 e. The molecule has 2 aromatic rings. The Balaban J connectivity index is 1.55. The predicted molar refractivity (Wildman–Crippen MR) is 85.9 cm³/mol. The van der Waals surface area contributed by atoms with E-state index in [1.807, 2.05) is 12.1 Å². The van der Waals surface area contributed by atoms with Crippen LogP contribution in [0, 0.1) is 0 Å². The van der Waals surface area contributed by atoms with Crippen molar-refractivity contribution in [3.05, 3.63) is 41.2 Å². The van der Waals surface area contributed by atoms with Gasteiger partial charge in [0.2, 0.25) is 5.91 Å². The minimum Gasteiger partial charge on any atom is -0.380 e. The molecule has 1 aromatic heterocycles. The van der Waals surface area contributed by atoms with Gasteiger partial charge in [0, 0.05) is 43.3 Å². The van der Waals surface area contributed by atoms with Gasteiger partial charge in [0.25, 0.3) is 0 Å². The number of hydrogen-bond donors (Lipinski definition) is 2. The van der Waals surface area contributed by atoms with Crippen molar-refractivity contribution >= 4 is 5.91 Å². The smallest absolute Gasteiger partial charge is 0.248 e. The minimum atomic E-state index is -0.412. The van der Waals surface area contributed by atoms with Crippen molar-refractivity contribution < 1.29 is 9.53 Å². The number of aromatic amines is 1. The molecule has 3 N–H and O–H groups in total.